The fourth-order valence-corrected chi connectivity index (χ4v) is 4.68. The average molecular weight is 396 g/mol. The lowest BCUT2D eigenvalue weighted by Crippen LogP contribution is -2.48. The highest BCUT2D eigenvalue weighted by Crippen LogP contribution is 2.23. The number of carbonyl (C=O) groups is 1. The van der Waals surface area contributed by atoms with Crippen LogP contribution < -0.4 is 9.62 Å². The highest BCUT2D eigenvalue weighted by atomic mass is 32.2. The summed E-state index contributed by atoms with van der Waals surface area (Å²) in [6, 6.07) is 4.66. The first-order valence-corrected chi connectivity index (χ1v) is 11.6. The molecule has 1 atom stereocenters. The monoisotopic (exact) mass is 395 g/mol. The van der Waals surface area contributed by atoms with Crippen molar-refractivity contribution in [2.45, 2.75) is 52.5 Å². The first kappa shape index (κ1) is 21.7. The number of piperidine rings is 1. The molecule has 0 aromatic heterocycles. The predicted molar refractivity (Wildman–Crippen MR) is 111 cm³/mol. The van der Waals surface area contributed by atoms with Crippen LogP contribution in [-0.2, 0) is 14.8 Å². The Hall–Kier alpha value is -1.60. The molecule has 1 N–H and O–H groups in total. The number of nitrogens with one attached hydrogen (secondary N) is 1. The molecule has 27 heavy (non-hydrogen) atoms. The zero-order valence-electron chi connectivity index (χ0n) is 17.0. The van der Waals surface area contributed by atoms with E-state index in [1.807, 2.05) is 26.0 Å². The lowest BCUT2D eigenvalue weighted by Gasteiger charge is -2.29. The molecule has 1 aromatic rings. The van der Waals surface area contributed by atoms with Gasteiger partial charge in [-0.05, 0) is 82.9 Å². The molecule has 1 aliphatic heterocycles. The SMILES string of the molecule is Cc1ccc(N([C@H](C)C(=O)NCCCN2CCCCC2)S(C)(=O)=O)cc1C. The van der Waals surface area contributed by atoms with Crippen molar-refractivity contribution in [1.82, 2.24) is 10.2 Å². The van der Waals surface area contributed by atoms with Gasteiger partial charge >= 0.3 is 0 Å². The van der Waals surface area contributed by atoms with Crippen molar-refractivity contribution in [2.24, 2.45) is 0 Å². The zero-order chi connectivity index (χ0) is 20.0. The van der Waals surface area contributed by atoms with Gasteiger partial charge in [0.25, 0.3) is 0 Å². The van der Waals surface area contributed by atoms with Crippen molar-refractivity contribution in [3.8, 4) is 0 Å². The van der Waals surface area contributed by atoms with Crippen LogP contribution in [0.5, 0.6) is 0 Å². The summed E-state index contributed by atoms with van der Waals surface area (Å²) in [4.78, 5) is 15.0. The van der Waals surface area contributed by atoms with Crippen molar-refractivity contribution in [3.63, 3.8) is 0 Å². The molecular formula is C20H33N3O3S. The number of anilines is 1. The first-order chi connectivity index (χ1) is 12.7. The maximum atomic E-state index is 12.6. The van der Waals surface area contributed by atoms with E-state index in [4.69, 9.17) is 0 Å². The summed E-state index contributed by atoms with van der Waals surface area (Å²) >= 11 is 0. The minimum Gasteiger partial charge on any atom is -0.354 e. The Balaban J connectivity index is 1.96. The number of likely N-dealkylation sites (tertiary alicyclic amines) is 1. The summed E-state index contributed by atoms with van der Waals surface area (Å²) in [6.07, 6.45) is 5.83. The molecule has 1 saturated heterocycles. The number of hydrogen-bond donors (Lipinski definition) is 1. The maximum absolute atomic E-state index is 12.6. The van der Waals surface area contributed by atoms with E-state index < -0.39 is 16.1 Å². The number of hydrogen-bond acceptors (Lipinski definition) is 4. The third kappa shape index (κ3) is 6.21. The van der Waals surface area contributed by atoms with Gasteiger partial charge in [-0.15, -0.1) is 0 Å². The van der Waals surface area contributed by atoms with E-state index in [1.54, 1.807) is 13.0 Å². The molecule has 0 saturated carbocycles. The fraction of sp³-hybridized carbons (Fsp3) is 0.650. The van der Waals surface area contributed by atoms with E-state index in [0.717, 1.165) is 43.4 Å². The van der Waals surface area contributed by atoms with Gasteiger partial charge in [0.1, 0.15) is 6.04 Å². The van der Waals surface area contributed by atoms with Crippen LogP contribution in [-0.4, -0.2) is 57.7 Å². The van der Waals surface area contributed by atoms with Gasteiger partial charge < -0.3 is 10.2 Å². The van der Waals surface area contributed by atoms with Gasteiger partial charge in [-0.3, -0.25) is 9.10 Å². The van der Waals surface area contributed by atoms with Crippen LogP contribution in [0.25, 0.3) is 0 Å². The molecule has 7 heteroatoms. The van der Waals surface area contributed by atoms with Gasteiger partial charge in [0.2, 0.25) is 15.9 Å². The third-order valence-electron chi connectivity index (χ3n) is 5.23. The molecule has 1 aromatic carbocycles. The topological polar surface area (TPSA) is 69.7 Å². The summed E-state index contributed by atoms with van der Waals surface area (Å²) in [7, 11) is -3.58. The molecule has 6 nitrogen and oxygen atoms in total. The summed E-state index contributed by atoms with van der Waals surface area (Å²) < 4.78 is 25.9. The summed E-state index contributed by atoms with van der Waals surface area (Å²) in [6.45, 7) is 9.35. The number of nitrogens with zero attached hydrogens (tertiary/aromatic N) is 2. The molecule has 0 radical (unpaired) electrons. The normalized spacial score (nSPS) is 16.7. The first-order valence-electron chi connectivity index (χ1n) is 9.77. The van der Waals surface area contributed by atoms with Crippen LogP contribution in [0, 0.1) is 13.8 Å². The van der Waals surface area contributed by atoms with Crippen LogP contribution in [0.15, 0.2) is 18.2 Å². The number of rotatable bonds is 8. The van der Waals surface area contributed by atoms with Gasteiger partial charge in [-0.25, -0.2) is 8.42 Å². The molecule has 2 rings (SSSR count). The van der Waals surface area contributed by atoms with Gasteiger partial charge in [0.15, 0.2) is 0 Å². The quantitative estimate of drug-likeness (QED) is 0.687. The Morgan fingerprint density at radius 1 is 1.19 bits per heavy atom. The maximum Gasteiger partial charge on any atom is 0.243 e. The van der Waals surface area contributed by atoms with Crippen molar-refractivity contribution < 1.29 is 13.2 Å². The van der Waals surface area contributed by atoms with E-state index in [0.29, 0.717) is 12.2 Å². The molecule has 0 bridgehead atoms. The Bertz CT molecular complexity index is 743. The molecule has 1 aliphatic rings. The fourth-order valence-electron chi connectivity index (χ4n) is 3.52. The number of sulfonamides is 1. The average Bonchev–Trinajstić information content (AvgIpc) is 2.61. The second-order valence-corrected chi connectivity index (χ2v) is 9.41. The molecule has 0 spiro atoms. The number of amides is 1. The summed E-state index contributed by atoms with van der Waals surface area (Å²) in [5.41, 5.74) is 2.61. The van der Waals surface area contributed by atoms with Gasteiger partial charge in [0, 0.05) is 6.54 Å². The molecule has 1 fully saturated rings. The van der Waals surface area contributed by atoms with Crippen LogP contribution in [0.4, 0.5) is 5.69 Å². The summed E-state index contributed by atoms with van der Waals surface area (Å²) in [5.74, 6) is -0.266. The lowest BCUT2D eigenvalue weighted by molar-refractivity contribution is -0.121. The van der Waals surface area contributed by atoms with E-state index in [-0.39, 0.29) is 5.91 Å². The Labute approximate surface area is 164 Å². The molecule has 152 valence electrons. The summed E-state index contributed by atoms with van der Waals surface area (Å²) in [5, 5.41) is 2.90. The van der Waals surface area contributed by atoms with E-state index in [9.17, 15) is 13.2 Å². The lowest BCUT2D eigenvalue weighted by atomic mass is 10.1. The highest BCUT2D eigenvalue weighted by molar-refractivity contribution is 7.92. The standard InChI is InChI=1S/C20H33N3O3S/c1-16-9-10-19(15-17(16)2)23(27(4,25)26)18(3)20(24)21-11-8-14-22-12-6-5-7-13-22/h9-10,15,18H,5-8,11-14H2,1-4H3,(H,21,24)/t18-/m1/s1. The van der Waals surface area contributed by atoms with Crippen molar-refractivity contribution in [3.05, 3.63) is 29.3 Å². The molecule has 0 aliphatic carbocycles. The number of carbonyl (C=O) groups excluding carboxylic acids is 1. The second kappa shape index (κ2) is 9.55. The van der Waals surface area contributed by atoms with E-state index >= 15 is 0 Å². The number of aryl methyl sites for hydroxylation is 2. The second-order valence-electron chi connectivity index (χ2n) is 7.55. The van der Waals surface area contributed by atoms with Crippen LogP contribution in [0.1, 0.15) is 43.7 Å². The molecule has 1 amide bonds. The molecule has 0 unspecified atom stereocenters. The minimum absolute atomic E-state index is 0.266. The van der Waals surface area contributed by atoms with Crippen molar-refractivity contribution >= 4 is 21.6 Å². The smallest absolute Gasteiger partial charge is 0.243 e. The minimum atomic E-state index is -3.58. The Kier molecular flexibility index (Phi) is 7.68. The van der Waals surface area contributed by atoms with Crippen molar-refractivity contribution in [2.75, 3.05) is 36.7 Å². The largest absolute Gasteiger partial charge is 0.354 e. The van der Waals surface area contributed by atoms with E-state index in [2.05, 4.69) is 10.2 Å². The predicted octanol–water partition coefficient (Wildman–Crippen LogP) is 2.45. The Morgan fingerprint density at radius 2 is 1.85 bits per heavy atom. The van der Waals surface area contributed by atoms with E-state index in [1.165, 1.54) is 23.6 Å². The molecular weight excluding hydrogens is 362 g/mol. The van der Waals surface area contributed by atoms with Crippen molar-refractivity contribution in [1.29, 1.82) is 0 Å². The third-order valence-corrected chi connectivity index (χ3v) is 6.47. The van der Waals surface area contributed by atoms with Gasteiger partial charge in [-0.1, -0.05) is 12.5 Å². The van der Waals surface area contributed by atoms with Crippen LogP contribution in [0.2, 0.25) is 0 Å². The van der Waals surface area contributed by atoms with Crippen LogP contribution >= 0.6 is 0 Å². The molecule has 1 heterocycles. The van der Waals surface area contributed by atoms with Crippen LogP contribution in [0.3, 0.4) is 0 Å². The zero-order valence-corrected chi connectivity index (χ0v) is 17.8. The highest BCUT2D eigenvalue weighted by Gasteiger charge is 2.29. The van der Waals surface area contributed by atoms with Gasteiger partial charge in [-0.2, -0.15) is 0 Å². The Morgan fingerprint density at radius 3 is 2.44 bits per heavy atom. The number of benzene rings is 1. The van der Waals surface area contributed by atoms with Gasteiger partial charge in [0.05, 0.1) is 11.9 Å².